The molecule has 0 aliphatic carbocycles. The molecular weight excluding hydrogens is 268 g/mol. The number of hydrogen-bond donors (Lipinski definition) is 1. The van der Waals surface area contributed by atoms with Gasteiger partial charge in [-0.1, -0.05) is 28.1 Å². The fourth-order valence-electron chi connectivity index (χ4n) is 2.16. The Morgan fingerprint density at radius 3 is 2.69 bits per heavy atom. The molecule has 1 atom stereocenters. The molecule has 1 N–H and O–H groups in total. The van der Waals surface area contributed by atoms with E-state index in [1.54, 1.807) is 0 Å². The zero-order chi connectivity index (χ0) is 11.5. The second-order valence-corrected chi connectivity index (χ2v) is 5.27. The van der Waals surface area contributed by atoms with Crippen molar-refractivity contribution in [3.63, 3.8) is 0 Å². The van der Waals surface area contributed by atoms with Gasteiger partial charge in [-0.3, -0.25) is 0 Å². The van der Waals surface area contributed by atoms with Crippen molar-refractivity contribution in [1.82, 2.24) is 0 Å². The highest BCUT2D eigenvalue weighted by Crippen LogP contribution is 2.34. The molecule has 16 heavy (non-hydrogen) atoms. The summed E-state index contributed by atoms with van der Waals surface area (Å²) in [6.07, 6.45) is 1.52. The minimum Gasteiger partial charge on any atom is -0.388 e. The van der Waals surface area contributed by atoms with Gasteiger partial charge < -0.3 is 9.84 Å². The SMILES string of the molecule is Cc1ccc(C(O)C2CCOCC2)c(Br)c1. The highest BCUT2D eigenvalue weighted by Gasteiger charge is 2.24. The number of rotatable bonds is 2. The quantitative estimate of drug-likeness (QED) is 0.904. The van der Waals surface area contributed by atoms with E-state index in [1.807, 2.05) is 12.1 Å². The predicted octanol–water partition coefficient (Wildman–Crippen LogP) is 3.22. The molecule has 1 heterocycles. The normalized spacial score (nSPS) is 19.7. The van der Waals surface area contributed by atoms with Gasteiger partial charge in [0.05, 0.1) is 6.10 Å². The maximum Gasteiger partial charge on any atom is 0.0830 e. The molecule has 2 nitrogen and oxygen atoms in total. The summed E-state index contributed by atoms with van der Waals surface area (Å²) in [5, 5.41) is 10.3. The van der Waals surface area contributed by atoms with E-state index in [1.165, 1.54) is 5.56 Å². The first-order chi connectivity index (χ1) is 7.68. The van der Waals surface area contributed by atoms with Crippen LogP contribution in [0.2, 0.25) is 0 Å². The average molecular weight is 285 g/mol. The lowest BCUT2D eigenvalue weighted by Crippen LogP contribution is -2.22. The fraction of sp³-hybridized carbons (Fsp3) is 0.538. The van der Waals surface area contributed by atoms with Crippen molar-refractivity contribution in [2.75, 3.05) is 13.2 Å². The molecule has 0 bridgehead atoms. The molecule has 0 aromatic heterocycles. The van der Waals surface area contributed by atoms with Crippen LogP contribution in [0.1, 0.15) is 30.1 Å². The second kappa shape index (κ2) is 5.30. The molecule has 1 saturated heterocycles. The van der Waals surface area contributed by atoms with E-state index in [2.05, 4.69) is 28.9 Å². The van der Waals surface area contributed by atoms with Crippen molar-refractivity contribution in [1.29, 1.82) is 0 Å². The third-order valence-electron chi connectivity index (χ3n) is 3.19. The highest BCUT2D eigenvalue weighted by atomic mass is 79.9. The monoisotopic (exact) mass is 284 g/mol. The van der Waals surface area contributed by atoms with Gasteiger partial charge >= 0.3 is 0 Å². The molecule has 88 valence electrons. The molecule has 0 amide bonds. The maximum absolute atomic E-state index is 10.3. The molecule has 1 fully saturated rings. The smallest absolute Gasteiger partial charge is 0.0830 e. The zero-order valence-electron chi connectivity index (χ0n) is 9.45. The molecule has 0 saturated carbocycles. The fourth-order valence-corrected chi connectivity index (χ4v) is 2.89. The summed E-state index contributed by atoms with van der Waals surface area (Å²) >= 11 is 3.52. The summed E-state index contributed by atoms with van der Waals surface area (Å²) in [4.78, 5) is 0. The lowest BCUT2D eigenvalue weighted by molar-refractivity contribution is 0.00692. The molecule has 1 unspecified atom stereocenters. The Morgan fingerprint density at radius 2 is 2.06 bits per heavy atom. The lowest BCUT2D eigenvalue weighted by atomic mass is 9.89. The molecule has 0 radical (unpaired) electrons. The van der Waals surface area contributed by atoms with Gasteiger partial charge in [-0.25, -0.2) is 0 Å². The molecule has 1 aromatic rings. The standard InChI is InChI=1S/C13H17BrO2/c1-9-2-3-11(12(14)8-9)13(15)10-4-6-16-7-5-10/h2-3,8,10,13,15H,4-7H2,1H3. The van der Waals surface area contributed by atoms with E-state index < -0.39 is 0 Å². The van der Waals surface area contributed by atoms with Gasteiger partial charge in [0.1, 0.15) is 0 Å². The van der Waals surface area contributed by atoms with Crippen LogP contribution in [0.4, 0.5) is 0 Å². The largest absolute Gasteiger partial charge is 0.388 e. The van der Waals surface area contributed by atoms with Crippen LogP contribution in [0.5, 0.6) is 0 Å². The Balaban J connectivity index is 2.15. The van der Waals surface area contributed by atoms with Gasteiger partial charge in [0.25, 0.3) is 0 Å². The first kappa shape index (κ1) is 12.1. The Morgan fingerprint density at radius 1 is 1.38 bits per heavy atom. The Kier molecular flexibility index (Phi) is 4.00. The van der Waals surface area contributed by atoms with E-state index in [0.717, 1.165) is 36.1 Å². The molecular formula is C13H17BrO2. The third kappa shape index (κ3) is 2.65. The van der Waals surface area contributed by atoms with Crippen LogP contribution in [0, 0.1) is 12.8 Å². The lowest BCUT2D eigenvalue weighted by Gasteiger charge is -2.27. The molecule has 3 heteroatoms. The predicted molar refractivity (Wildman–Crippen MR) is 67.4 cm³/mol. The first-order valence-corrected chi connectivity index (χ1v) is 6.49. The van der Waals surface area contributed by atoms with Crippen molar-refractivity contribution < 1.29 is 9.84 Å². The molecule has 0 spiro atoms. The van der Waals surface area contributed by atoms with Crippen molar-refractivity contribution in [3.05, 3.63) is 33.8 Å². The Bertz CT molecular complexity index is 359. The summed E-state index contributed by atoms with van der Waals surface area (Å²) < 4.78 is 6.32. The summed E-state index contributed by atoms with van der Waals surface area (Å²) in [6.45, 7) is 3.59. The zero-order valence-corrected chi connectivity index (χ0v) is 11.0. The van der Waals surface area contributed by atoms with Crippen LogP contribution in [0.15, 0.2) is 22.7 Å². The van der Waals surface area contributed by atoms with Crippen molar-refractivity contribution >= 4 is 15.9 Å². The average Bonchev–Trinajstić information content (AvgIpc) is 2.29. The Hall–Kier alpha value is -0.380. The van der Waals surface area contributed by atoms with E-state index >= 15 is 0 Å². The van der Waals surface area contributed by atoms with E-state index in [0.29, 0.717) is 5.92 Å². The minimum absolute atomic E-state index is 0.327. The van der Waals surface area contributed by atoms with E-state index in [-0.39, 0.29) is 6.10 Å². The van der Waals surface area contributed by atoms with Crippen LogP contribution < -0.4 is 0 Å². The summed E-state index contributed by atoms with van der Waals surface area (Å²) in [5.41, 5.74) is 2.20. The van der Waals surface area contributed by atoms with Crippen LogP contribution in [0.25, 0.3) is 0 Å². The van der Waals surface area contributed by atoms with Gasteiger partial charge in [0, 0.05) is 17.7 Å². The molecule has 1 aliphatic heterocycles. The second-order valence-electron chi connectivity index (χ2n) is 4.42. The van der Waals surface area contributed by atoms with Crippen LogP contribution in [0.3, 0.4) is 0 Å². The van der Waals surface area contributed by atoms with Crippen LogP contribution in [-0.2, 0) is 4.74 Å². The Labute approximate surface area is 105 Å². The van der Waals surface area contributed by atoms with Crippen LogP contribution >= 0.6 is 15.9 Å². The van der Waals surface area contributed by atoms with Gasteiger partial charge in [-0.15, -0.1) is 0 Å². The van der Waals surface area contributed by atoms with E-state index in [9.17, 15) is 5.11 Å². The third-order valence-corrected chi connectivity index (χ3v) is 3.87. The van der Waals surface area contributed by atoms with Gasteiger partial charge in [-0.05, 0) is 42.9 Å². The number of halogens is 1. The summed E-state index contributed by atoms with van der Waals surface area (Å²) in [5.74, 6) is 0.327. The number of benzene rings is 1. The maximum atomic E-state index is 10.3. The van der Waals surface area contributed by atoms with Crippen molar-refractivity contribution in [3.8, 4) is 0 Å². The number of aliphatic hydroxyl groups is 1. The highest BCUT2D eigenvalue weighted by molar-refractivity contribution is 9.10. The number of aryl methyl sites for hydroxylation is 1. The number of aliphatic hydroxyl groups excluding tert-OH is 1. The summed E-state index contributed by atoms with van der Waals surface area (Å²) in [7, 11) is 0. The van der Waals surface area contributed by atoms with Gasteiger partial charge in [0.2, 0.25) is 0 Å². The minimum atomic E-state index is -0.376. The topological polar surface area (TPSA) is 29.5 Å². The van der Waals surface area contributed by atoms with Crippen LogP contribution in [-0.4, -0.2) is 18.3 Å². The molecule has 2 rings (SSSR count). The summed E-state index contributed by atoms with van der Waals surface area (Å²) in [6, 6.07) is 6.11. The number of ether oxygens (including phenoxy) is 1. The van der Waals surface area contributed by atoms with E-state index in [4.69, 9.17) is 4.74 Å². The molecule has 1 aromatic carbocycles. The van der Waals surface area contributed by atoms with Gasteiger partial charge in [-0.2, -0.15) is 0 Å². The van der Waals surface area contributed by atoms with Crippen molar-refractivity contribution in [2.24, 2.45) is 5.92 Å². The molecule has 1 aliphatic rings. The number of hydrogen-bond acceptors (Lipinski definition) is 2. The first-order valence-electron chi connectivity index (χ1n) is 5.70. The van der Waals surface area contributed by atoms with Crippen molar-refractivity contribution in [2.45, 2.75) is 25.9 Å². The van der Waals surface area contributed by atoms with Gasteiger partial charge in [0.15, 0.2) is 0 Å².